The molecule has 0 spiro atoms. The highest BCUT2D eigenvalue weighted by molar-refractivity contribution is 6.28. The van der Waals surface area contributed by atoms with Gasteiger partial charge in [0.1, 0.15) is 0 Å². The van der Waals surface area contributed by atoms with Gasteiger partial charge in [0.25, 0.3) is 0 Å². The van der Waals surface area contributed by atoms with Crippen molar-refractivity contribution in [3.8, 4) is 6.01 Å². The molecule has 0 radical (unpaired) electrons. The summed E-state index contributed by atoms with van der Waals surface area (Å²) in [5, 5.41) is 9.33. The molecule has 1 fully saturated rings. The second-order valence-corrected chi connectivity index (χ2v) is 5.35. The van der Waals surface area contributed by atoms with Gasteiger partial charge in [-0.2, -0.15) is 15.0 Å². The molecule has 2 atom stereocenters. The summed E-state index contributed by atoms with van der Waals surface area (Å²) in [6.45, 7) is 6.78. The first kappa shape index (κ1) is 15.2. The molecule has 7 nitrogen and oxygen atoms in total. The van der Waals surface area contributed by atoms with E-state index < -0.39 is 0 Å². The molecule has 2 heterocycles. The third kappa shape index (κ3) is 3.91. The molecule has 0 aliphatic carbocycles. The van der Waals surface area contributed by atoms with Gasteiger partial charge in [-0.25, -0.2) is 0 Å². The first-order valence-electron chi connectivity index (χ1n) is 6.57. The molecule has 1 aromatic rings. The summed E-state index contributed by atoms with van der Waals surface area (Å²) in [5.41, 5.74) is 0. The van der Waals surface area contributed by atoms with E-state index in [0.717, 1.165) is 0 Å². The quantitative estimate of drug-likeness (QED) is 0.885. The fourth-order valence-electron chi connectivity index (χ4n) is 2.04. The van der Waals surface area contributed by atoms with E-state index in [9.17, 15) is 5.11 Å². The van der Waals surface area contributed by atoms with Crippen LogP contribution in [0, 0.1) is 0 Å². The van der Waals surface area contributed by atoms with E-state index in [2.05, 4.69) is 15.0 Å². The average molecular weight is 303 g/mol. The van der Waals surface area contributed by atoms with Crippen molar-refractivity contribution in [3.63, 3.8) is 0 Å². The highest BCUT2D eigenvalue weighted by Crippen LogP contribution is 2.20. The summed E-state index contributed by atoms with van der Waals surface area (Å²) in [5.74, 6) is 0.439. The number of aliphatic hydroxyl groups excluding tert-OH is 1. The molecule has 1 aromatic heterocycles. The lowest BCUT2D eigenvalue weighted by atomic mass is 10.2. The number of hydrogen-bond acceptors (Lipinski definition) is 7. The van der Waals surface area contributed by atoms with Crippen LogP contribution in [0.4, 0.5) is 5.95 Å². The Morgan fingerprint density at radius 2 is 2.15 bits per heavy atom. The van der Waals surface area contributed by atoms with Crippen LogP contribution in [0.5, 0.6) is 6.01 Å². The molecule has 1 saturated heterocycles. The lowest BCUT2D eigenvalue weighted by Crippen LogP contribution is -2.48. The van der Waals surface area contributed by atoms with Crippen LogP contribution in [0.25, 0.3) is 0 Å². The molecule has 2 unspecified atom stereocenters. The third-order valence-electron chi connectivity index (χ3n) is 2.73. The molecule has 0 bridgehead atoms. The van der Waals surface area contributed by atoms with E-state index in [0.29, 0.717) is 19.0 Å². The van der Waals surface area contributed by atoms with E-state index in [4.69, 9.17) is 21.1 Å². The van der Waals surface area contributed by atoms with Crippen molar-refractivity contribution < 1.29 is 14.6 Å². The predicted molar refractivity (Wildman–Crippen MR) is 74.2 cm³/mol. The van der Waals surface area contributed by atoms with E-state index in [-0.39, 0.29) is 36.2 Å². The van der Waals surface area contributed by atoms with Crippen molar-refractivity contribution in [1.29, 1.82) is 0 Å². The highest BCUT2D eigenvalue weighted by Gasteiger charge is 2.27. The van der Waals surface area contributed by atoms with E-state index in [1.165, 1.54) is 0 Å². The van der Waals surface area contributed by atoms with Gasteiger partial charge in [-0.3, -0.25) is 0 Å². The van der Waals surface area contributed by atoms with Gasteiger partial charge < -0.3 is 19.5 Å². The highest BCUT2D eigenvalue weighted by atomic mass is 35.5. The normalized spacial score (nSPS) is 23.2. The monoisotopic (exact) mass is 302 g/mol. The molecule has 20 heavy (non-hydrogen) atoms. The Balaban J connectivity index is 2.20. The third-order valence-corrected chi connectivity index (χ3v) is 2.90. The van der Waals surface area contributed by atoms with Crippen LogP contribution < -0.4 is 9.64 Å². The van der Waals surface area contributed by atoms with Gasteiger partial charge in [0.2, 0.25) is 11.2 Å². The van der Waals surface area contributed by atoms with Crippen LogP contribution in [0.3, 0.4) is 0 Å². The fourth-order valence-corrected chi connectivity index (χ4v) is 2.18. The molecular formula is C12H19ClN4O3. The van der Waals surface area contributed by atoms with Crippen molar-refractivity contribution in [3.05, 3.63) is 5.28 Å². The van der Waals surface area contributed by atoms with E-state index in [1.54, 1.807) is 0 Å². The summed E-state index contributed by atoms with van der Waals surface area (Å²) in [6, 6.07) is 0.203. The Bertz CT molecular complexity index is 460. The minimum absolute atomic E-state index is 0.0223. The van der Waals surface area contributed by atoms with Gasteiger partial charge in [0.05, 0.1) is 24.9 Å². The van der Waals surface area contributed by atoms with Gasteiger partial charge in [0.15, 0.2) is 0 Å². The maximum Gasteiger partial charge on any atom is 0.322 e. The zero-order valence-electron chi connectivity index (χ0n) is 11.8. The topological polar surface area (TPSA) is 80.6 Å². The molecule has 0 saturated carbocycles. The van der Waals surface area contributed by atoms with Gasteiger partial charge in [-0.1, -0.05) is 0 Å². The number of ether oxygens (including phenoxy) is 2. The molecule has 112 valence electrons. The van der Waals surface area contributed by atoms with Crippen molar-refractivity contribution in [2.24, 2.45) is 0 Å². The van der Waals surface area contributed by atoms with Crippen LogP contribution in [-0.2, 0) is 4.74 Å². The molecule has 1 aliphatic heterocycles. The van der Waals surface area contributed by atoms with E-state index >= 15 is 0 Å². The van der Waals surface area contributed by atoms with Gasteiger partial charge in [0, 0.05) is 13.1 Å². The molecule has 0 amide bonds. The second-order valence-electron chi connectivity index (χ2n) is 5.01. The minimum atomic E-state index is -0.260. The summed E-state index contributed by atoms with van der Waals surface area (Å²) >= 11 is 5.91. The predicted octanol–water partition coefficient (Wildman–Crippen LogP) is 0.898. The fraction of sp³-hybridized carbons (Fsp3) is 0.750. The molecular weight excluding hydrogens is 284 g/mol. The lowest BCUT2D eigenvalue weighted by Gasteiger charge is -2.36. The van der Waals surface area contributed by atoms with Crippen LogP contribution in [0.2, 0.25) is 5.28 Å². The molecule has 2 rings (SSSR count). The number of hydrogen-bond donors (Lipinski definition) is 1. The maximum atomic E-state index is 9.25. The number of halogens is 1. The van der Waals surface area contributed by atoms with Crippen LogP contribution >= 0.6 is 11.6 Å². The lowest BCUT2D eigenvalue weighted by molar-refractivity contribution is -0.0425. The Hall–Kier alpha value is -1.18. The van der Waals surface area contributed by atoms with Crippen molar-refractivity contribution in [2.75, 3.05) is 24.6 Å². The SMILES string of the molecule is CC(C)Oc1nc(Cl)nc(N2CC(C)OC(CO)C2)n1. The molecule has 8 heteroatoms. The zero-order chi connectivity index (χ0) is 14.7. The van der Waals surface area contributed by atoms with Gasteiger partial charge >= 0.3 is 6.01 Å². The number of aliphatic hydroxyl groups is 1. The number of nitrogens with zero attached hydrogens (tertiary/aromatic N) is 4. The van der Waals surface area contributed by atoms with Crippen LogP contribution in [0.15, 0.2) is 0 Å². The standard InChI is InChI=1S/C12H19ClN4O3/c1-7(2)19-12-15-10(13)14-11(16-12)17-4-8(3)20-9(5-17)6-18/h7-9,18H,4-6H2,1-3H3. The summed E-state index contributed by atoms with van der Waals surface area (Å²) in [6.07, 6.45) is -0.329. The zero-order valence-corrected chi connectivity index (χ0v) is 12.5. The van der Waals surface area contributed by atoms with Crippen molar-refractivity contribution >= 4 is 17.5 Å². The van der Waals surface area contributed by atoms with Gasteiger partial charge in [-0.05, 0) is 32.4 Å². The maximum absolute atomic E-state index is 9.25. The number of rotatable bonds is 4. The Labute approximate surface area is 122 Å². The number of aromatic nitrogens is 3. The smallest absolute Gasteiger partial charge is 0.322 e. The Morgan fingerprint density at radius 3 is 2.80 bits per heavy atom. The van der Waals surface area contributed by atoms with Gasteiger partial charge in [-0.15, -0.1) is 0 Å². The number of anilines is 1. The summed E-state index contributed by atoms with van der Waals surface area (Å²) in [7, 11) is 0. The van der Waals surface area contributed by atoms with Crippen molar-refractivity contribution in [1.82, 2.24) is 15.0 Å². The van der Waals surface area contributed by atoms with E-state index in [1.807, 2.05) is 25.7 Å². The summed E-state index contributed by atoms with van der Waals surface area (Å²) < 4.78 is 11.0. The molecule has 0 aromatic carbocycles. The first-order chi connectivity index (χ1) is 9.47. The molecule has 1 N–H and O–H groups in total. The molecule has 1 aliphatic rings. The largest absolute Gasteiger partial charge is 0.461 e. The minimum Gasteiger partial charge on any atom is -0.461 e. The first-order valence-corrected chi connectivity index (χ1v) is 6.95. The van der Waals surface area contributed by atoms with Crippen LogP contribution in [-0.4, -0.2) is 58.1 Å². The summed E-state index contributed by atoms with van der Waals surface area (Å²) in [4.78, 5) is 14.2. The van der Waals surface area contributed by atoms with Crippen molar-refractivity contribution in [2.45, 2.75) is 39.1 Å². The number of morpholine rings is 1. The average Bonchev–Trinajstić information content (AvgIpc) is 2.36. The van der Waals surface area contributed by atoms with Crippen LogP contribution in [0.1, 0.15) is 20.8 Å². The Morgan fingerprint density at radius 1 is 1.40 bits per heavy atom. The second kappa shape index (κ2) is 6.51. The Kier molecular flexibility index (Phi) is 4.95.